The lowest BCUT2D eigenvalue weighted by atomic mass is 10.2. The number of fused-ring (bicyclic) bond motifs is 1. The number of benzene rings is 2. The fourth-order valence-corrected chi connectivity index (χ4v) is 2.54. The van der Waals surface area contributed by atoms with Gasteiger partial charge >= 0.3 is 0 Å². The summed E-state index contributed by atoms with van der Waals surface area (Å²) in [4.78, 5) is 0. The summed E-state index contributed by atoms with van der Waals surface area (Å²) in [6.45, 7) is 4.85. The quantitative estimate of drug-likeness (QED) is 0.701. The number of aromatic nitrogens is 2. The monoisotopic (exact) mass is 325 g/mol. The summed E-state index contributed by atoms with van der Waals surface area (Å²) in [7, 11) is 0. The lowest BCUT2D eigenvalue weighted by Gasteiger charge is -2.15. The van der Waals surface area contributed by atoms with Crippen LogP contribution in [0.2, 0.25) is 0 Å². The van der Waals surface area contributed by atoms with Crippen molar-refractivity contribution in [1.29, 1.82) is 0 Å². The third kappa shape index (κ3) is 3.75. The van der Waals surface area contributed by atoms with Crippen molar-refractivity contribution in [3.05, 3.63) is 54.7 Å². The first-order chi connectivity index (χ1) is 11.6. The molecule has 1 atom stereocenters. The zero-order chi connectivity index (χ0) is 16.9. The fourth-order valence-electron chi connectivity index (χ4n) is 2.54. The Morgan fingerprint density at radius 3 is 2.67 bits per heavy atom. The average Bonchev–Trinajstić information content (AvgIpc) is 3.03. The number of hydrogen-bond donors (Lipinski definition) is 2. The van der Waals surface area contributed by atoms with Crippen LogP contribution in [0.4, 0.5) is 0 Å². The molecule has 1 aromatic heterocycles. The molecule has 0 saturated carbocycles. The van der Waals surface area contributed by atoms with E-state index in [1.54, 1.807) is 6.20 Å². The Labute approximate surface area is 141 Å². The number of nitrogens with zero attached hydrogens (tertiary/aromatic N) is 2. The highest BCUT2D eigenvalue weighted by molar-refractivity contribution is 5.86. The SMILES string of the molecule is CC(C)NCC(O)COc1cccc2c1cnn2-c1ccccc1. The zero-order valence-electron chi connectivity index (χ0n) is 14.0. The molecule has 0 amide bonds. The maximum absolute atomic E-state index is 10.0. The van der Waals surface area contributed by atoms with Crippen LogP contribution in [-0.4, -0.2) is 40.2 Å². The Hall–Kier alpha value is -2.37. The van der Waals surface area contributed by atoms with Gasteiger partial charge in [-0.2, -0.15) is 5.10 Å². The first-order valence-electron chi connectivity index (χ1n) is 8.21. The standard InChI is InChI=1S/C19H23N3O2/c1-14(2)20-11-16(23)13-24-19-10-6-9-18-17(19)12-21-22(18)15-7-4-3-5-8-15/h3-10,12,14,16,20,23H,11,13H2,1-2H3. The predicted molar refractivity (Wildman–Crippen MR) is 95.7 cm³/mol. The predicted octanol–water partition coefficient (Wildman–Crippen LogP) is 2.76. The van der Waals surface area contributed by atoms with Crippen molar-refractivity contribution >= 4 is 10.9 Å². The highest BCUT2D eigenvalue weighted by atomic mass is 16.5. The van der Waals surface area contributed by atoms with Crippen LogP contribution in [0.1, 0.15) is 13.8 Å². The second-order valence-corrected chi connectivity index (χ2v) is 6.11. The summed E-state index contributed by atoms with van der Waals surface area (Å²) in [5, 5.41) is 18.6. The van der Waals surface area contributed by atoms with Crippen LogP contribution in [0.25, 0.3) is 16.6 Å². The molecule has 0 aliphatic rings. The molecule has 1 heterocycles. The molecule has 126 valence electrons. The van der Waals surface area contributed by atoms with Crippen LogP contribution in [0.3, 0.4) is 0 Å². The largest absolute Gasteiger partial charge is 0.490 e. The summed E-state index contributed by atoms with van der Waals surface area (Å²) in [6, 6.07) is 16.2. The van der Waals surface area contributed by atoms with Crippen molar-refractivity contribution in [3.63, 3.8) is 0 Å². The van der Waals surface area contributed by atoms with Gasteiger partial charge in [0, 0.05) is 12.6 Å². The van der Waals surface area contributed by atoms with Crippen molar-refractivity contribution in [2.75, 3.05) is 13.2 Å². The summed E-state index contributed by atoms with van der Waals surface area (Å²) >= 11 is 0. The van der Waals surface area contributed by atoms with E-state index in [0.29, 0.717) is 12.6 Å². The topological polar surface area (TPSA) is 59.3 Å². The van der Waals surface area contributed by atoms with E-state index in [1.807, 2.05) is 67.1 Å². The van der Waals surface area contributed by atoms with Crippen LogP contribution in [-0.2, 0) is 0 Å². The molecular weight excluding hydrogens is 302 g/mol. The maximum atomic E-state index is 10.0. The molecule has 0 radical (unpaired) electrons. The number of para-hydroxylation sites is 1. The molecule has 2 aromatic carbocycles. The molecule has 5 nitrogen and oxygen atoms in total. The maximum Gasteiger partial charge on any atom is 0.130 e. The van der Waals surface area contributed by atoms with Crippen molar-refractivity contribution in [1.82, 2.24) is 15.1 Å². The van der Waals surface area contributed by atoms with E-state index in [9.17, 15) is 5.11 Å². The molecule has 0 fully saturated rings. The summed E-state index contributed by atoms with van der Waals surface area (Å²) in [6.07, 6.45) is 1.25. The van der Waals surface area contributed by atoms with Crippen LogP contribution in [0.15, 0.2) is 54.7 Å². The molecule has 1 unspecified atom stereocenters. The van der Waals surface area contributed by atoms with Crippen LogP contribution in [0, 0.1) is 0 Å². The molecule has 2 N–H and O–H groups in total. The van der Waals surface area contributed by atoms with Gasteiger partial charge < -0.3 is 15.2 Å². The van der Waals surface area contributed by atoms with Crippen LogP contribution < -0.4 is 10.1 Å². The minimum atomic E-state index is -0.549. The molecule has 0 saturated heterocycles. The molecule has 24 heavy (non-hydrogen) atoms. The zero-order valence-corrected chi connectivity index (χ0v) is 14.0. The van der Waals surface area contributed by atoms with Crippen LogP contribution in [0.5, 0.6) is 5.75 Å². The van der Waals surface area contributed by atoms with Gasteiger partial charge in [-0.3, -0.25) is 0 Å². The van der Waals surface area contributed by atoms with Crippen molar-refractivity contribution < 1.29 is 9.84 Å². The van der Waals surface area contributed by atoms with E-state index in [2.05, 4.69) is 10.4 Å². The van der Waals surface area contributed by atoms with Gasteiger partial charge in [0.05, 0.1) is 22.8 Å². The van der Waals surface area contributed by atoms with Crippen molar-refractivity contribution in [2.24, 2.45) is 0 Å². The summed E-state index contributed by atoms with van der Waals surface area (Å²) in [5.74, 6) is 0.735. The second-order valence-electron chi connectivity index (χ2n) is 6.11. The highest BCUT2D eigenvalue weighted by Crippen LogP contribution is 2.27. The van der Waals surface area contributed by atoms with Gasteiger partial charge in [-0.1, -0.05) is 38.1 Å². The molecule has 0 bridgehead atoms. The molecule has 3 rings (SSSR count). The van der Waals surface area contributed by atoms with E-state index in [4.69, 9.17) is 4.74 Å². The molecular formula is C19H23N3O2. The third-order valence-corrected chi connectivity index (χ3v) is 3.77. The lowest BCUT2D eigenvalue weighted by Crippen LogP contribution is -2.35. The number of ether oxygens (including phenoxy) is 1. The Balaban J connectivity index is 1.77. The van der Waals surface area contributed by atoms with E-state index >= 15 is 0 Å². The molecule has 0 aliphatic carbocycles. The third-order valence-electron chi connectivity index (χ3n) is 3.77. The van der Waals surface area contributed by atoms with Gasteiger partial charge in [0.2, 0.25) is 0 Å². The van der Waals surface area contributed by atoms with Gasteiger partial charge in [0.1, 0.15) is 18.5 Å². The lowest BCUT2D eigenvalue weighted by molar-refractivity contribution is 0.105. The first-order valence-corrected chi connectivity index (χ1v) is 8.21. The van der Waals surface area contributed by atoms with E-state index in [1.165, 1.54) is 0 Å². The van der Waals surface area contributed by atoms with E-state index in [0.717, 1.165) is 22.3 Å². The molecule has 0 spiro atoms. The molecule has 5 heteroatoms. The number of nitrogens with one attached hydrogen (secondary N) is 1. The van der Waals surface area contributed by atoms with Crippen LogP contribution >= 0.6 is 0 Å². The number of aliphatic hydroxyl groups excluding tert-OH is 1. The fraction of sp³-hybridized carbons (Fsp3) is 0.316. The number of aliphatic hydroxyl groups is 1. The Kier molecular flexibility index (Phi) is 5.13. The average molecular weight is 325 g/mol. The van der Waals surface area contributed by atoms with Gasteiger partial charge in [0.25, 0.3) is 0 Å². The smallest absolute Gasteiger partial charge is 0.130 e. The summed E-state index contributed by atoms with van der Waals surface area (Å²) in [5.41, 5.74) is 1.99. The minimum Gasteiger partial charge on any atom is -0.490 e. The number of rotatable bonds is 7. The molecule has 3 aromatic rings. The Morgan fingerprint density at radius 1 is 1.12 bits per heavy atom. The van der Waals surface area contributed by atoms with Crippen molar-refractivity contribution in [3.8, 4) is 11.4 Å². The second kappa shape index (κ2) is 7.47. The number of hydrogen-bond acceptors (Lipinski definition) is 4. The van der Waals surface area contributed by atoms with E-state index < -0.39 is 6.10 Å². The van der Waals surface area contributed by atoms with Gasteiger partial charge in [0.15, 0.2) is 0 Å². The van der Waals surface area contributed by atoms with Crippen molar-refractivity contribution in [2.45, 2.75) is 26.0 Å². The highest BCUT2D eigenvalue weighted by Gasteiger charge is 2.11. The van der Waals surface area contributed by atoms with Gasteiger partial charge in [-0.15, -0.1) is 0 Å². The van der Waals surface area contributed by atoms with Gasteiger partial charge in [-0.25, -0.2) is 4.68 Å². The minimum absolute atomic E-state index is 0.245. The Morgan fingerprint density at radius 2 is 1.92 bits per heavy atom. The summed E-state index contributed by atoms with van der Waals surface area (Å²) < 4.78 is 7.71. The first kappa shape index (κ1) is 16.5. The normalized spacial score (nSPS) is 12.7. The van der Waals surface area contributed by atoms with Gasteiger partial charge in [-0.05, 0) is 24.3 Å². The van der Waals surface area contributed by atoms with E-state index in [-0.39, 0.29) is 6.61 Å². The molecule has 0 aliphatic heterocycles. The Bertz CT molecular complexity index is 784.